The Bertz CT molecular complexity index is 496. The second-order valence-corrected chi connectivity index (χ2v) is 7.30. The molecular formula is C17H26N2O3S. The van der Waals surface area contributed by atoms with Crippen molar-refractivity contribution in [3.05, 3.63) is 22.4 Å². The van der Waals surface area contributed by atoms with E-state index in [0.29, 0.717) is 45.1 Å². The van der Waals surface area contributed by atoms with Crippen molar-refractivity contribution in [2.45, 2.75) is 39.2 Å². The number of carbonyl (C=O) groups is 2. The van der Waals surface area contributed by atoms with Crippen molar-refractivity contribution in [1.29, 1.82) is 0 Å². The van der Waals surface area contributed by atoms with E-state index in [0.717, 1.165) is 6.42 Å². The third-order valence-corrected chi connectivity index (χ3v) is 4.78. The number of aryl methyl sites for hydroxylation is 1. The lowest BCUT2D eigenvalue weighted by Crippen LogP contribution is -2.52. The molecule has 2 rings (SSSR count). The van der Waals surface area contributed by atoms with Gasteiger partial charge in [-0.25, -0.2) is 0 Å². The largest absolute Gasteiger partial charge is 0.378 e. The summed E-state index contributed by atoms with van der Waals surface area (Å²) in [6.45, 7) is 6.50. The zero-order chi connectivity index (χ0) is 16.7. The zero-order valence-corrected chi connectivity index (χ0v) is 14.7. The first kappa shape index (κ1) is 17.9. The Hall–Kier alpha value is -1.40. The van der Waals surface area contributed by atoms with Crippen LogP contribution in [0.15, 0.2) is 17.5 Å². The first-order valence-electron chi connectivity index (χ1n) is 8.24. The molecule has 0 aromatic carbocycles. The Morgan fingerprint density at radius 2 is 2.09 bits per heavy atom. The predicted molar refractivity (Wildman–Crippen MR) is 91.4 cm³/mol. The molecule has 0 saturated carbocycles. The fourth-order valence-corrected chi connectivity index (χ4v) is 3.36. The maximum absolute atomic E-state index is 12.7. The molecule has 0 spiro atoms. The number of morpholine rings is 1. The summed E-state index contributed by atoms with van der Waals surface area (Å²) in [4.78, 5) is 27.9. The van der Waals surface area contributed by atoms with Crippen LogP contribution >= 0.6 is 11.3 Å². The standard InChI is InChI=1S/C17H26N2O3S/c1-13(2)12-15(17(21)19-7-9-22-10-8-19)18-16(20)6-5-14-4-3-11-23-14/h3-4,11,13,15H,5-10,12H2,1-2H3,(H,18,20)/t15-/m1/s1. The molecule has 0 bridgehead atoms. The fourth-order valence-electron chi connectivity index (χ4n) is 2.66. The topological polar surface area (TPSA) is 58.6 Å². The Balaban J connectivity index is 1.88. The van der Waals surface area contributed by atoms with Gasteiger partial charge in [0.05, 0.1) is 13.2 Å². The van der Waals surface area contributed by atoms with Crippen molar-refractivity contribution in [2.75, 3.05) is 26.3 Å². The van der Waals surface area contributed by atoms with Crippen LogP contribution in [0.25, 0.3) is 0 Å². The van der Waals surface area contributed by atoms with Gasteiger partial charge in [-0.15, -0.1) is 11.3 Å². The summed E-state index contributed by atoms with van der Waals surface area (Å²) >= 11 is 1.65. The molecule has 1 atom stereocenters. The van der Waals surface area contributed by atoms with E-state index in [1.807, 2.05) is 17.5 Å². The number of rotatable bonds is 7. The predicted octanol–water partition coefficient (Wildman–Crippen LogP) is 2.07. The van der Waals surface area contributed by atoms with E-state index in [9.17, 15) is 9.59 Å². The molecule has 0 radical (unpaired) electrons. The summed E-state index contributed by atoms with van der Waals surface area (Å²) in [6, 6.07) is 3.59. The van der Waals surface area contributed by atoms with E-state index in [-0.39, 0.29) is 11.8 Å². The first-order valence-corrected chi connectivity index (χ1v) is 9.12. The van der Waals surface area contributed by atoms with Gasteiger partial charge < -0.3 is 15.0 Å². The number of amides is 2. The minimum atomic E-state index is -0.427. The molecule has 1 aromatic heterocycles. The molecule has 0 unspecified atom stereocenters. The van der Waals surface area contributed by atoms with Crippen molar-refractivity contribution in [1.82, 2.24) is 10.2 Å². The van der Waals surface area contributed by atoms with E-state index >= 15 is 0 Å². The highest BCUT2D eigenvalue weighted by Gasteiger charge is 2.27. The van der Waals surface area contributed by atoms with Crippen LogP contribution in [0.2, 0.25) is 0 Å². The number of hydrogen-bond acceptors (Lipinski definition) is 4. The number of ether oxygens (including phenoxy) is 1. The smallest absolute Gasteiger partial charge is 0.245 e. The lowest BCUT2D eigenvalue weighted by Gasteiger charge is -2.31. The monoisotopic (exact) mass is 338 g/mol. The Morgan fingerprint density at radius 1 is 1.35 bits per heavy atom. The molecule has 2 heterocycles. The van der Waals surface area contributed by atoms with E-state index in [1.165, 1.54) is 4.88 Å². The van der Waals surface area contributed by atoms with Crippen molar-refractivity contribution in [3.8, 4) is 0 Å². The Morgan fingerprint density at radius 3 is 2.70 bits per heavy atom. The van der Waals surface area contributed by atoms with Crippen molar-refractivity contribution >= 4 is 23.2 Å². The number of thiophene rings is 1. The second kappa shape index (κ2) is 9.03. The summed E-state index contributed by atoms with van der Waals surface area (Å²) < 4.78 is 5.29. The van der Waals surface area contributed by atoms with Crippen LogP contribution in [0, 0.1) is 5.92 Å². The van der Waals surface area contributed by atoms with Gasteiger partial charge in [-0.1, -0.05) is 19.9 Å². The van der Waals surface area contributed by atoms with E-state index in [4.69, 9.17) is 4.74 Å². The van der Waals surface area contributed by atoms with Gasteiger partial charge >= 0.3 is 0 Å². The lowest BCUT2D eigenvalue weighted by molar-refractivity contribution is -0.140. The molecule has 1 aromatic rings. The quantitative estimate of drug-likeness (QED) is 0.828. The van der Waals surface area contributed by atoms with Crippen molar-refractivity contribution < 1.29 is 14.3 Å². The maximum atomic E-state index is 12.7. The molecule has 6 heteroatoms. The molecule has 2 amide bonds. The first-order chi connectivity index (χ1) is 11.1. The maximum Gasteiger partial charge on any atom is 0.245 e. The number of carbonyl (C=O) groups excluding carboxylic acids is 2. The minimum Gasteiger partial charge on any atom is -0.378 e. The van der Waals surface area contributed by atoms with Gasteiger partial charge in [0.1, 0.15) is 6.04 Å². The number of hydrogen-bond donors (Lipinski definition) is 1. The summed E-state index contributed by atoms with van der Waals surface area (Å²) in [7, 11) is 0. The molecule has 128 valence electrons. The second-order valence-electron chi connectivity index (χ2n) is 6.27. The minimum absolute atomic E-state index is 0.0199. The number of nitrogens with one attached hydrogen (secondary N) is 1. The lowest BCUT2D eigenvalue weighted by atomic mass is 10.0. The van der Waals surface area contributed by atoms with E-state index in [2.05, 4.69) is 19.2 Å². The molecule has 5 nitrogen and oxygen atoms in total. The molecule has 0 aliphatic carbocycles. The fraction of sp³-hybridized carbons (Fsp3) is 0.647. The average molecular weight is 338 g/mol. The highest BCUT2D eigenvalue weighted by Crippen LogP contribution is 2.13. The Labute approximate surface area is 142 Å². The summed E-state index contributed by atoms with van der Waals surface area (Å²) in [5.74, 6) is 0.319. The van der Waals surface area contributed by atoms with Crippen LogP contribution in [0.1, 0.15) is 31.6 Å². The zero-order valence-electron chi connectivity index (χ0n) is 13.9. The average Bonchev–Trinajstić information content (AvgIpc) is 3.05. The third kappa shape index (κ3) is 5.95. The van der Waals surface area contributed by atoms with Gasteiger partial charge in [0.15, 0.2) is 0 Å². The van der Waals surface area contributed by atoms with Crippen molar-refractivity contribution in [3.63, 3.8) is 0 Å². The van der Waals surface area contributed by atoms with Gasteiger partial charge in [0.2, 0.25) is 11.8 Å². The van der Waals surface area contributed by atoms with Gasteiger partial charge in [-0.3, -0.25) is 9.59 Å². The molecule has 1 aliphatic heterocycles. The normalized spacial score (nSPS) is 16.4. The molecule has 1 aliphatic rings. The van der Waals surface area contributed by atoms with Crippen LogP contribution in [0.3, 0.4) is 0 Å². The molecule has 1 fully saturated rings. The van der Waals surface area contributed by atoms with Crippen LogP contribution < -0.4 is 5.32 Å². The van der Waals surface area contributed by atoms with Crippen LogP contribution in [0.4, 0.5) is 0 Å². The number of nitrogens with zero attached hydrogens (tertiary/aromatic N) is 1. The van der Waals surface area contributed by atoms with Crippen LogP contribution in [-0.2, 0) is 20.7 Å². The highest BCUT2D eigenvalue weighted by molar-refractivity contribution is 7.09. The van der Waals surface area contributed by atoms with Gasteiger partial charge in [0, 0.05) is 24.4 Å². The van der Waals surface area contributed by atoms with E-state index in [1.54, 1.807) is 16.2 Å². The summed E-state index contributed by atoms with van der Waals surface area (Å²) in [5, 5.41) is 4.95. The summed E-state index contributed by atoms with van der Waals surface area (Å²) in [6.07, 6.45) is 1.82. The Kier molecular flexibility index (Phi) is 7.05. The van der Waals surface area contributed by atoms with Gasteiger partial charge in [-0.05, 0) is 30.2 Å². The SMILES string of the molecule is CC(C)C[C@@H](NC(=O)CCc1cccs1)C(=O)N1CCOCC1. The van der Waals surface area contributed by atoms with Gasteiger partial charge in [0.25, 0.3) is 0 Å². The van der Waals surface area contributed by atoms with Crippen LogP contribution in [-0.4, -0.2) is 49.1 Å². The van der Waals surface area contributed by atoms with Crippen molar-refractivity contribution in [2.24, 2.45) is 5.92 Å². The van der Waals surface area contributed by atoms with Crippen LogP contribution in [0.5, 0.6) is 0 Å². The molecule has 23 heavy (non-hydrogen) atoms. The molecule has 1 saturated heterocycles. The third-order valence-electron chi connectivity index (χ3n) is 3.84. The van der Waals surface area contributed by atoms with Gasteiger partial charge in [-0.2, -0.15) is 0 Å². The highest BCUT2D eigenvalue weighted by atomic mass is 32.1. The van der Waals surface area contributed by atoms with E-state index < -0.39 is 6.04 Å². The molecule has 1 N–H and O–H groups in total. The molecular weight excluding hydrogens is 312 g/mol. The summed E-state index contributed by atoms with van der Waals surface area (Å²) in [5.41, 5.74) is 0.